The Morgan fingerprint density at radius 2 is 2.15 bits per heavy atom. The Morgan fingerprint density at radius 3 is 2.73 bits per heavy atom. The van der Waals surface area contributed by atoms with Crippen LogP contribution in [0, 0.1) is 11.2 Å². The van der Waals surface area contributed by atoms with E-state index in [4.69, 9.17) is 10.1 Å². The van der Waals surface area contributed by atoms with Crippen molar-refractivity contribution >= 4 is 21.8 Å². The fourth-order valence-corrected chi connectivity index (χ4v) is 2.80. The first kappa shape index (κ1) is 20.4. The highest BCUT2D eigenvalue weighted by Crippen LogP contribution is 2.23. The molecule has 0 fully saturated rings. The number of ether oxygens (including phenoxy) is 1. The maximum absolute atomic E-state index is 13.2. The van der Waals surface area contributed by atoms with Crippen molar-refractivity contribution in [2.24, 2.45) is 7.05 Å². The summed E-state index contributed by atoms with van der Waals surface area (Å²) in [5.74, 6) is -0.140. The average Bonchev–Trinajstić information content (AvgIpc) is 2.83. The lowest BCUT2D eigenvalue weighted by Gasteiger charge is -2.19. The molecule has 1 unspecified atom stereocenters. The number of nitrogens with zero attached hydrogens (tertiary/aromatic N) is 2. The molecular weight excluding hydrogens is 420 g/mol. The minimum atomic E-state index is -4.29. The van der Waals surface area contributed by atoms with Crippen LogP contribution in [-0.4, -0.2) is 28.2 Å². The van der Waals surface area contributed by atoms with Gasteiger partial charge < -0.3 is 14.6 Å². The summed E-state index contributed by atoms with van der Waals surface area (Å²) in [6.45, 7) is -0.327. The maximum atomic E-state index is 13.2. The van der Waals surface area contributed by atoms with Crippen LogP contribution in [0.1, 0.15) is 24.7 Å². The predicted octanol–water partition coefficient (Wildman–Crippen LogP) is 4.35. The average molecular weight is 437 g/mol. The molecule has 1 atom stereocenters. The zero-order chi connectivity index (χ0) is 19.3. The molecular formula is C16H17BrF4N4O. The summed E-state index contributed by atoms with van der Waals surface area (Å²) >= 11 is 3.21. The molecule has 2 rings (SSSR count). The molecule has 26 heavy (non-hydrogen) atoms. The number of hydrogen-bond donors (Lipinski definition) is 2. The first-order valence-corrected chi connectivity index (χ1v) is 8.43. The van der Waals surface area contributed by atoms with Gasteiger partial charge in [-0.2, -0.15) is 13.2 Å². The number of halogens is 5. The second-order valence-corrected chi connectivity index (χ2v) is 6.40. The Balaban J connectivity index is 2.07. The second-order valence-electron chi connectivity index (χ2n) is 5.59. The van der Waals surface area contributed by atoms with Crippen LogP contribution < -0.4 is 10.1 Å². The largest absolute Gasteiger partial charge is 0.443 e. The van der Waals surface area contributed by atoms with Crippen LogP contribution >= 0.6 is 15.9 Å². The lowest BCUT2D eigenvalue weighted by Crippen LogP contribution is -2.30. The molecule has 0 amide bonds. The number of aryl methyl sites for hydroxylation is 1. The summed E-state index contributed by atoms with van der Waals surface area (Å²) in [6.07, 6.45) is -3.69. The van der Waals surface area contributed by atoms with E-state index >= 15 is 0 Å². The third-order valence-electron chi connectivity index (χ3n) is 3.42. The number of imidazole rings is 1. The van der Waals surface area contributed by atoms with Gasteiger partial charge in [0.05, 0.1) is 12.5 Å². The normalized spacial score (nSPS) is 12.8. The van der Waals surface area contributed by atoms with Crippen LogP contribution in [0.4, 0.5) is 17.6 Å². The summed E-state index contributed by atoms with van der Waals surface area (Å²) in [5.41, 5.74) is 0. The molecule has 1 heterocycles. The van der Waals surface area contributed by atoms with E-state index in [0.717, 1.165) is 6.07 Å². The van der Waals surface area contributed by atoms with Crippen molar-refractivity contribution in [2.45, 2.75) is 25.1 Å². The van der Waals surface area contributed by atoms with Crippen molar-refractivity contribution in [3.05, 3.63) is 46.7 Å². The fraction of sp³-hybridized carbons (Fsp3) is 0.375. The predicted molar refractivity (Wildman–Crippen MR) is 91.7 cm³/mol. The van der Waals surface area contributed by atoms with Gasteiger partial charge in [-0.1, -0.05) is 6.07 Å². The highest BCUT2D eigenvalue weighted by molar-refractivity contribution is 9.10. The fourth-order valence-electron chi connectivity index (χ4n) is 2.31. The summed E-state index contributed by atoms with van der Waals surface area (Å²) in [6, 6.07) is 4.62. The molecule has 1 aromatic heterocycles. The molecule has 10 heteroatoms. The van der Waals surface area contributed by atoms with Crippen LogP contribution in [0.5, 0.6) is 5.75 Å². The topological polar surface area (TPSA) is 62.9 Å². The summed E-state index contributed by atoms with van der Waals surface area (Å²) in [7, 11) is 1.70. The van der Waals surface area contributed by atoms with Gasteiger partial charge in [0.2, 0.25) is 0 Å². The molecule has 0 saturated carbocycles. The molecule has 0 radical (unpaired) electrons. The van der Waals surface area contributed by atoms with Crippen LogP contribution in [-0.2, 0) is 7.05 Å². The number of hydrogen-bond acceptors (Lipinski definition) is 4. The van der Waals surface area contributed by atoms with Crippen LogP contribution in [0.2, 0.25) is 0 Å². The summed E-state index contributed by atoms with van der Waals surface area (Å²) in [4.78, 5) is 4.22. The number of alkyl halides is 3. The zero-order valence-electron chi connectivity index (χ0n) is 13.8. The van der Waals surface area contributed by atoms with E-state index in [9.17, 15) is 17.6 Å². The quantitative estimate of drug-likeness (QED) is 0.385. The van der Waals surface area contributed by atoms with Crippen molar-refractivity contribution in [2.75, 3.05) is 6.54 Å². The Kier molecular flexibility index (Phi) is 6.76. The molecule has 1 aromatic carbocycles. The zero-order valence-corrected chi connectivity index (χ0v) is 15.4. The second kappa shape index (κ2) is 8.63. The van der Waals surface area contributed by atoms with E-state index in [2.05, 4.69) is 26.2 Å². The van der Waals surface area contributed by atoms with E-state index in [0.29, 0.717) is 10.4 Å². The van der Waals surface area contributed by atoms with Gasteiger partial charge in [-0.25, -0.2) is 9.37 Å². The minimum Gasteiger partial charge on any atom is -0.443 e. The molecule has 2 N–H and O–H groups in total. The third-order valence-corrected chi connectivity index (χ3v) is 3.80. The van der Waals surface area contributed by atoms with Gasteiger partial charge in [0.1, 0.15) is 22.0 Å². The van der Waals surface area contributed by atoms with Gasteiger partial charge in [-0.15, -0.1) is 0 Å². The molecule has 0 aliphatic rings. The highest BCUT2D eigenvalue weighted by Gasteiger charge is 2.28. The molecule has 0 spiro atoms. The van der Waals surface area contributed by atoms with Crippen molar-refractivity contribution in [1.82, 2.24) is 14.9 Å². The number of benzene rings is 1. The Hall–Kier alpha value is -1.94. The standard InChI is InChI=1S/C16H17BrF4N4O/c1-25-9-13(17)24-15(25)12(23-6-5-16(19,20)21)8-14(22)26-11-4-2-3-10(18)7-11/h2-4,7,9,12,22-23H,5-6,8H2,1H3. The molecule has 0 aliphatic heterocycles. The van der Waals surface area contributed by atoms with Crippen molar-refractivity contribution in [1.29, 1.82) is 5.41 Å². The van der Waals surface area contributed by atoms with Gasteiger partial charge in [-0.05, 0) is 28.1 Å². The van der Waals surface area contributed by atoms with E-state index < -0.39 is 24.5 Å². The van der Waals surface area contributed by atoms with E-state index in [1.165, 1.54) is 18.2 Å². The van der Waals surface area contributed by atoms with Crippen LogP contribution in [0.15, 0.2) is 35.1 Å². The van der Waals surface area contributed by atoms with Crippen molar-refractivity contribution in [3.8, 4) is 5.75 Å². The van der Waals surface area contributed by atoms with Gasteiger partial charge in [0.15, 0.2) is 5.90 Å². The first-order valence-electron chi connectivity index (χ1n) is 7.64. The van der Waals surface area contributed by atoms with Crippen molar-refractivity contribution in [3.63, 3.8) is 0 Å². The molecule has 0 saturated heterocycles. The van der Waals surface area contributed by atoms with Gasteiger partial charge in [0, 0.05) is 32.3 Å². The molecule has 0 bridgehead atoms. The van der Waals surface area contributed by atoms with E-state index in [1.54, 1.807) is 17.8 Å². The maximum Gasteiger partial charge on any atom is 0.390 e. The first-order chi connectivity index (χ1) is 12.1. The Morgan fingerprint density at radius 1 is 1.42 bits per heavy atom. The lowest BCUT2D eigenvalue weighted by molar-refractivity contribution is -0.133. The Labute approximate surface area is 156 Å². The van der Waals surface area contributed by atoms with Gasteiger partial charge in [0.25, 0.3) is 0 Å². The Bertz CT molecular complexity index is 763. The monoisotopic (exact) mass is 436 g/mol. The van der Waals surface area contributed by atoms with E-state index in [-0.39, 0.29) is 24.6 Å². The molecule has 5 nitrogen and oxygen atoms in total. The van der Waals surface area contributed by atoms with Crippen molar-refractivity contribution < 1.29 is 22.3 Å². The number of rotatable bonds is 7. The number of nitrogens with one attached hydrogen (secondary N) is 2. The molecule has 2 aromatic rings. The van der Waals surface area contributed by atoms with Crippen LogP contribution in [0.25, 0.3) is 0 Å². The van der Waals surface area contributed by atoms with E-state index in [1.807, 2.05) is 0 Å². The number of aromatic nitrogens is 2. The minimum absolute atomic E-state index is 0.0499. The smallest absolute Gasteiger partial charge is 0.390 e. The highest BCUT2D eigenvalue weighted by atomic mass is 79.9. The van der Waals surface area contributed by atoms with Gasteiger partial charge >= 0.3 is 6.18 Å². The molecule has 0 aliphatic carbocycles. The third kappa shape index (κ3) is 6.41. The summed E-state index contributed by atoms with van der Waals surface area (Å²) in [5, 5.41) is 10.7. The SMILES string of the molecule is Cn1cc(Br)nc1C(CC(=N)Oc1cccc(F)c1)NCCC(F)(F)F. The van der Waals surface area contributed by atoms with Gasteiger partial charge in [-0.3, -0.25) is 5.41 Å². The summed E-state index contributed by atoms with van der Waals surface area (Å²) < 4.78 is 57.9. The molecule has 142 valence electrons. The lowest BCUT2D eigenvalue weighted by atomic mass is 10.1. The van der Waals surface area contributed by atoms with Crippen LogP contribution in [0.3, 0.4) is 0 Å².